The lowest BCUT2D eigenvalue weighted by Crippen LogP contribution is -2.10. The molecule has 0 saturated heterocycles. The molecule has 0 unspecified atom stereocenters. The Kier molecular flexibility index (Phi) is 5.20. The van der Waals surface area contributed by atoms with E-state index in [0.717, 1.165) is 5.69 Å². The highest BCUT2D eigenvalue weighted by Crippen LogP contribution is 2.37. The van der Waals surface area contributed by atoms with Crippen molar-refractivity contribution in [2.75, 3.05) is 6.61 Å². The second-order valence-electron chi connectivity index (χ2n) is 5.22. The van der Waals surface area contributed by atoms with Gasteiger partial charge in [0, 0.05) is 18.5 Å². The summed E-state index contributed by atoms with van der Waals surface area (Å²) in [5.74, 6) is -0.240. The molecule has 0 aliphatic heterocycles. The summed E-state index contributed by atoms with van der Waals surface area (Å²) in [5.41, 5.74) is 1.49. The van der Waals surface area contributed by atoms with E-state index in [0.29, 0.717) is 17.7 Å². The Morgan fingerprint density at radius 3 is 2.69 bits per heavy atom. The average Bonchev–Trinajstić information content (AvgIpc) is 3.19. The van der Waals surface area contributed by atoms with Gasteiger partial charge in [-0.2, -0.15) is 10.4 Å². The van der Waals surface area contributed by atoms with E-state index >= 15 is 0 Å². The molecule has 1 heterocycles. The third-order valence-electron chi connectivity index (χ3n) is 3.51. The second-order valence-corrected chi connectivity index (χ2v) is 5.62. The lowest BCUT2D eigenvalue weighted by Gasteiger charge is -2.13. The van der Waals surface area contributed by atoms with Gasteiger partial charge >= 0.3 is 5.97 Å². The molecule has 7 heteroatoms. The molecule has 0 aliphatic rings. The number of esters is 1. The number of ether oxygens (including phenoxy) is 2. The molecule has 6 nitrogen and oxygen atoms in total. The van der Waals surface area contributed by atoms with E-state index in [9.17, 15) is 4.79 Å². The predicted molar refractivity (Wildman–Crippen MR) is 95.9 cm³/mol. The maximum atomic E-state index is 12.5. The Balaban J connectivity index is 1.85. The van der Waals surface area contributed by atoms with Crippen molar-refractivity contribution in [1.82, 2.24) is 9.78 Å². The van der Waals surface area contributed by atoms with Gasteiger partial charge in [-0.25, -0.2) is 9.48 Å². The van der Waals surface area contributed by atoms with Crippen LogP contribution in [0.25, 0.3) is 5.69 Å². The summed E-state index contributed by atoms with van der Waals surface area (Å²) < 4.78 is 12.5. The molecular weight excluding hydrogens is 354 g/mol. The van der Waals surface area contributed by atoms with Crippen molar-refractivity contribution in [1.29, 1.82) is 5.26 Å². The van der Waals surface area contributed by atoms with Crippen LogP contribution in [0.3, 0.4) is 0 Å². The maximum absolute atomic E-state index is 12.5. The molecule has 3 aromatic rings. The van der Waals surface area contributed by atoms with E-state index < -0.39 is 5.97 Å². The molecule has 26 heavy (non-hydrogen) atoms. The molecule has 0 atom stereocenters. The number of benzene rings is 2. The summed E-state index contributed by atoms with van der Waals surface area (Å²) in [4.78, 5) is 12.5. The quantitative estimate of drug-likeness (QED) is 0.503. The third-order valence-corrected chi connectivity index (χ3v) is 3.79. The molecule has 0 radical (unpaired) electrons. The number of hydrogen-bond acceptors (Lipinski definition) is 5. The number of hydrogen-bond donors (Lipinski definition) is 0. The molecule has 3 rings (SSSR count). The fourth-order valence-corrected chi connectivity index (χ4v) is 2.57. The monoisotopic (exact) mass is 367 g/mol. The Labute approximate surface area is 155 Å². The van der Waals surface area contributed by atoms with Gasteiger partial charge in [-0.1, -0.05) is 11.6 Å². The van der Waals surface area contributed by atoms with Gasteiger partial charge in [-0.3, -0.25) is 0 Å². The first kappa shape index (κ1) is 17.5. The minimum absolute atomic E-state index is 0.0914. The van der Waals surface area contributed by atoms with Crippen molar-refractivity contribution in [3.05, 3.63) is 71.0 Å². The number of rotatable bonds is 5. The van der Waals surface area contributed by atoms with Gasteiger partial charge in [-0.15, -0.1) is 0 Å². The van der Waals surface area contributed by atoms with Crippen molar-refractivity contribution in [3.63, 3.8) is 0 Å². The number of carbonyl (C=O) groups is 1. The van der Waals surface area contributed by atoms with Gasteiger partial charge in [0.05, 0.1) is 34.5 Å². The first-order chi connectivity index (χ1) is 12.6. The highest BCUT2D eigenvalue weighted by atomic mass is 35.5. The van der Waals surface area contributed by atoms with Crippen molar-refractivity contribution in [2.45, 2.75) is 6.92 Å². The number of carbonyl (C=O) groups excluding carboxylic acids is 1. The average molecular weight is 368 g/mol. The number of halogens is 1. The van der Waals surface area contributed by atoms with Gasteiger partial charge in [0.1, 0.15) is 0 Å². The van der Waals surface area contributed by atoms with E-state index in [2.05, 4.69) is 5.10 Å². The largest absolute Gasteiger partial charge is 0.490 e. The standard InChI is InChI=1S/C19H14ClN3O3/c1-2-25-17-11-13(12-21)10-16(20)18(17)26-19(24)14-4-6-15(7-5-14)23-9-3-8-22-23/h3-11H,2H2,1H3. The molecule has 0 saturated carbocycles. The van der Waals surface area contributed by atoms with Crippen LogP contribution >= 0.6 is 11.6 Å². The Bertz CT molecular complexity index is 961. The molecular formula is C19H14ClN3O3. The van der Waals surface area contributed by atoms with E-state index in [-0.39, 0.29) is 16.5 Å². The summed E-state index contributed by atoms with van der Waals surface area (Å²) in [7, 11) is 0. The fraction of sp³-hybridized carbons (Fsp3) is 0.105. The van der Waals surface area contributed by atoms with E-state index in [1.807, 2.05) is 12.1 Å². The van der Waals surface area contributed by atoms with Crippen LogP contribution in [0.4, 0.5) is 0 Å². The molecule has 0 amide bonds. The molecule has 0 fully saturated rings. The zero-order valence-electron chi connectivity index (χ0n) is 13.8. The third kappa shape index (κ3) is 3.68. The minimum atomic E-state index is -0.579. The van der Waals surface area contributed by atoms with Gasteiger partial charge in [0.15, 0.2) is 11.5 Å². The second kappa shape index (κ2) is 7.72. The first-order valence-corrected chi connectivity index (χ1v) is 8.19. The highest BCUT2D eigenvalue weighted by Gasteiger charge is 2.17. The van der Waals surface area contributed by atoms with Crippen LogP contribution in [0, 0.1) is 11.3 Å². The van der Waals surface area contributed by atoms with E-state index in [4.69, 9.17) is 26.3 Å². The van der Waals surface area contributed by atoms with E-state index in [1.54, 1.807) is 48.3 Å². The van der Waals surface area contributed by atoms with Gasteiger partial charge in [0.2, 0.25) is 0 Å². The zero-order chi connectivity index (χ0) is 18.5. The summed E-state index contributed by atoms with van der Waals surface area (Å²) in [6, 6.07) is 13.5. The summed E-state index contributed by atoms with van der Waals surface area (Å²) in [5, 5.41) is 13.3. The first-order valence-electron chi connectivity index (χ1n) is 7.81. The molecule has 0 spiro atoms. The van der Waals surface area contributed by atoms with Crippen LogP contribution in [0.2, 0.25) is 5.02 Å². The Morgan fingerprint density at radius 1 is 1.31 bits per heavy atom. The Morgan fingerprint density at radius 2 is 2.08 bits per heavy atom. The van der Waals surface area contributed by atoms with Crippen molar-refractivity contribution in [3.8, 4) is 23.3 Å². The van der Waals surface area contributed by atoms with Crippen molar-refractivity contribution >= 4 is 17.6 Å². The van der Waals surface area contributed by atoms with Crippen molar-refractivity contribution < 1.29 is 14.3 Å². The van der Waals surface area contributed by atoms with Crippen LogP contribution in [-0.2, 0) is 0 Å². The molecule has 0 N–H and O–H groups in total. The smallest absolute Gasteiger partial charge is 0.343 e. The molecule has 2 aromatic carbocycles. The highest BCUT2D eigenvalue weighted by molar-refractivity contribution is 6.32. The topological polar surface area (TPSA) is 77.1 Å². The normalized spacial score (nSPS) is 10.2. The molecule has 1 aromatic heterocycles. The predicted octanol–water partition coefficient (Wildman–Crippen LogP) is 4.02. The lowest BCUT2D eigenvalue weighted by atomic mass is 10.2. The maximum Gasteiger partial charge on any atom is 0.343 e. The van der Waals surface area contributed by atoms with Gasteiger partial charge < -0.3 is 9.47 Å². The van der Waals surface area contributed by atoms with E-state index in [1.165, 1.54) is 12.1 Å². The van der Waals surface area contributed by atoms with Crippen LogP contribution < -0.4 is 9.47 Å². The van der Waals surface area contributed by atoms with Crippen LogP contribution in [0.15, 0.2) is 54.9 Å². The summed E-state index contributed by atoms with van der Waals surface area (Å²) in [6.45, 7) is 2.13. The van der Waals surface area contributed by atoms with Crippen LogP contribution in [0.5, 0.6) is 11.5 Å². The van der Waals surface area contributed by atoms with Crippen LogP contribution in [-0.4, -0.2) is 22.4 Å². The van der Waals surface area contributed by atoms with Crippen molar-refractivity contribution in [2.24, 2.45) is 0 Å². The molecule has 130 valence electrons. The zero-order valence-corrected chi connectivity index (χ0v) is 14.6. The lowest BCUT2D eigenvalue weighted by molar-refractivity contribution is 0.0728. The van der Waals surface area contributed by atoms with Gasteiger partial charge in [-0.05, 0) is 43.3 Å². The Hall–Kier alpha value is -3.30. The fourth-order valence-electron chi connectivity index (χ4n) is 2.32. The number of aromatic nitrogens is 2. The van der Waals surface area contributed by atoms with Crippen LogP contribution in [0.1, 0.15) is 22.8 Å². The summed E-state index contributed by atoms with van der Waals surface area (Å²) >= 11 is 6.15. The molecule has 0 bridgehead atoms. The summed E-state index contributed by atoms with van der Waals surface area (Å²) in [6.07, 6.45) is 3.47. The SMILES string of the molecule is CCOc1cc(C#N)cc(Cl)c1OC(=O)c1ccc(-n2cccn2)cc1. The molecule has 0 aliphatic carbocycles. The van der Waals surface area contributed by atoms with Gasteiger partial charge in [0.25, 0.3) is 0 Å². The minimum Gasteiger partial charge on any atom is -0.490 e. The number of nitrogens with zero attached hydrogens (tertiary/aromatic N) is 3. The number of nitriles is 1.